The molecule has 1 aromatic rings. The monoisotopic (exact) mass is 261 g/mol. The van der Waals surface area contributed by atoms with Gasteiger partial charge < -0.3 is 10.1 Å². The topological polar surface area (TPSA) is 55.4 Å². The lowest BCUT2D eigenvalue weighted by Crippen LogP contribution is -2.34. The molecule has 0 saturated heterocycles. The van der Waals surface area contributed by atoms with Gasteiger partial charge in [-0.1, -0.05) is 6.07 Å². The maximum absolute atomic E-state index is 11.4. The van der Waals surface area contributed by atoms with Gasteiger partial charge in [-0.2, -0.15) is 0 Å². The standard InChI is InChI=1S/C10H12ClNO3S/c1-15-10(14)8(11)6-12-9(13)5-7-3-2-4-16-7/h2-4,8H,5-6H2,1H3,(H,12,13). The summed E-state index contributed by atoms with van der Waals surface area (Å²) in [6, 6.07) is 3.76. The molecule has 1 aromatic heterocycles. The minimum atomic E-state index is -0.836. The van der Waals surface area contributed by atoms with E-state index in [1.54, 1.807) is 0 Å². The average Bonchev–Trinajstić information content (AvgIpc) is 2.77. The molecule has 0 aliphatic heterocycles. The van der Waals surface area contributed by atoms with Crippen molar-refractivity contribution in [3.8, 4) is 0 Å². The van der Waals surface area contributed by atoms with Crippen LogP contribution in [0.15, 0.2) is 17.5 Å². The molecule has 1 amide bonds. The Balaban J connectivity index is 2.28. The molecular formula is C10H12ClNO3S. The van der Waals surface area contributed by atoms with Crippen LogP contribution >= 0.6 is 22.9 Å². The Morgan fingerprint density at radius 3 is 2.94 bits per heavy atom. The fourth-order valence-electron chi connectivity index (χ4n) is 1.05. The van der Waals surface area contributed by atoms with Crippen molar-refractivity contribution >= 4 is 34.8 Å². The van der Waals surface area contributed by atoms with E-state index in [4.69, 9.17) is 11.6 Å². The number of esters is 1. The van der Waals surface area contributed by atoms with Crippen molar-refractivity contribution in [2.75, 3.05) is 13.7 Å². The summed E-state index contributed by atoms with van der Waals surface area (Å²) in [7, 11) is 1.26. The molecule has 1 heterocycles. The second-order valence-electron chi connectivity index (χ2n) is 3.05. The molecular weight excluding hydrogens is 250 g/mol. The van der Waals surface area contributed by atoms with Gasteiger partial charge in [-0.25, -0.2) is 0 Å². The number of nitrogens with one attached hydrogen (secondary N) is 1. The van der Waals surface area contributed by atoms with Crippen LogP contribution in [0, 0.1) is 0 Å². The zero-order chi connectivity index (χ0) is 12.0. The highest BCUT2D eigenvalue weighted by Crippen LogP contribution is 2.08. The smallest absolute Gasteiger partial charge is 0.325 e. The molecule has 1 atom stereocenters. The Hall–Kier alpha value is -1.07. The Bertz CT molecular complexity index is 353. The van der Waals surface area contributed by atoms with E-state index in [2.05, 4.69) is 10.1 Å². The quantitative estimate of drug-likeness (QED) is 0.640. The van der Waals surface area contributed by atoms with Crippen LogP contribution in [0.4, 0.5) is 0 Å². The molecule has 4 nitrogen and oxygen atoms in total. The maximum Gasteiger partial charge on any atom is 0.325 e. The van der Waals surface area contributed by atoms with Gasteiger partial charge >= 0.3 is 5.97 Å². The molecule has 6 heteroatoms. The van der Waals surface area contributed by atoms with E-state index in [9.17, 15) is 9.59 Å². The number of carbonyl (C=O) groups is 2. The molecule has 0 bridgehead atoms. The van der Waals surface area contributed by atoms with Crippen LogP contribution in [0.1, 0.15) is 4.88 Å². The van der Waals surface area contributed by atoms with Crippen LogP contribution in [0.2, 0.25) is 0 Å². The summed E-state index contributed by atoms with van der Waals surface area (Å²) in [6.45, 7) is 0.0818. The molecule has 0 fully saturated rings. The molecule has 88 valence electrons. The van der Waals surface area contributed by atoms with E-state index < -0.39 is 11.3 Å². The average molecular weight is 262 g/mol. The molecule has 1 N–H and O–H groups in total. The van der Waals surface area contributed by atoms with Gasteiger partial charge in [0.2, 0.25) is 5.91 Å². The first-order valence-electron chi connectivity index (χ1n) is 4.64. The van der Waals surface area contributed by atoms with E-state index in [0.717, 1.165) is 4.88 Å². The number of methoxy groups -OCH3 is 1. The number of hydrogen-bond donors (Lipinski definition) is 1. The fourth-order valence-corrected chi connectivity index (χ4v) is 1.92. The molecule has 0 aliphatic rings. The summed E-state index contributed by atoms with van der Waals surface area (Å²) >= 11 is 7.18. The summed E-state index contributed by atoms with van der Waals surface area (Å²) in [5, 5.41) is 3.64. The predicted octanol–water partition coefficient (Wildman–Crippen LogP) is 1.19. The van der Waals surface area contributed by atoms with Crippen LogP contribution < -0.4 is 5.32 Å². The third-order valence-electron chi connectivity index (χ3n) is 1.85. The number of alkyl halides is 1. The van der Waals surface area contributed by atoms with Gasteiger partial charge in [0.15, 0.2) is 0 Å². The predicted molar refractivity (Wildman–Crippen MR) is 62.7 cm³/mol. The van der Waals surface area contributed by atoms with Gasteiger partial charge in [-0.3, -0.25) is 9.59 Å². The molecule has 0 aliphatic carbocycles. The van der Waals surface area contributed by atoms with Crippen molar-refractivity contribution in [1.29, 1.82) is 0 Å². The molecule has 16 heavy (non-hydrogen) atoms. The van der Waals surface area contributed by atoms with Crippen molar-refractivity contribution in [2.45, 2.75) is 11.8 Å². The van der Waals surface area contributed by atoms with Gasteiger partial charge in [0.05, 0.1) is 13.5 Å². The van der Waals surface area contributed by atoms with Crippen LogP contribution in [-0.2, 0) is 20.7 Å². The minimum Gasteiger partial charge on any atom is -0.468 e. The van der Waals surface area contributed by atoms with Crippen molar-refractivity contribution in [1.82, 2.24) is 5.32 Å². The normalized spacial score (nSPS) is 11.9. The molecule has 1 rings (SSSR count). The van der Waals surface area contributed by atoms with Crippen LogP contribution in [-0.4, -0.2) is 30.9 Å². The second kappa shape index (κ2) is 6.50. The van der Waals surface area contributed by atoms with E-state index in [-0.39, 0.29) is 12.5 Å². The third kappa shape index (κ3) is 4.20. The Labute approximate surface area is 103 Å². The summed E-state index contributed by atoms with van der Waals surface area (Å²) < 4.78 is 4.43. The van der Waals surface area contributed by atoms with E-state index in [1.165, 1.54) is 18.4 Å². The highest BCUT2D eigenvalue weighted by atomic mass is 35.5. The summed E-state index contributed by atoms with van der Waals surface area (Å²) in [5.74, 6) is -0.699. The lowest BCUT2D eigenvalue weighted by atomic mass is 10.3. The number of rotatable bonds is 5. The Morgan fingerprint density at radius 1 is 1.62 bits per heavy atom. The Morgan fingerprint density at radius 2 is 2.38 bits per heavy atom. The largest absolute Gasteiger partial charge is 0.468 e. The van der Waals surface area contributed by atoms with Crippen LogP contribution in [0.5, 0.6) is 0 Å². The van der Waals surface area contributed by atoms with Gasteiger partial charge in [-0.15, -0.1) is 22.9 Å². The fraction of sp³-hybridized carbons (Fsp3) is 0.400. The van der Waals surface area contributed by atoms with Gasteiger partial charge in [-0.05, 0) is 11.4 Å². The minimum absolute atomic E-state index is 0.0818. The third-order valence-corrected chi connectivity index (χ3v) is 3.06. The molecule has 0 saturated carbocycles. The zero-order valence-corrected chi connectivity index (χ0v) is 10.3. The number of amides is 1. The summed E-state index contributed by atoms with van der Waals surface area (Å²) in [6.07, 6.45) is 0.308. The summed E-state index contributed by atoms with van der Waals surface area (Å²) in [4.78, 5) is 23.3. The van der Waals surface area contributed by atoms with Gasteiger partial charge in [0, 0.05) is 11.4 Å². The van der Waals surface area contributed by atoms with E-state index >= 15 is 0 Å². The molecule has 0 aromatic carbocycles. The first-order chi connectivity index (χ1) is 7.63. The van der Waals surface area contributed by atoms with Crippen molar-refractivity contribution < 1.29 is 14.3 Å². The zero-order valence-electron chi connectivity index (χ0n) is 8.73. The van der Waals surface area contributed by atoms with Gasteiger partial charge in [0.25, 0.3) is 0 Å². The Kier molecular flexibility index (Phi) is 5.28. The van der Waals surface area contributed by atoms with Crippen molar-refractivity contribution in [3.05, 3.63) is 22.4 Å². The maximum atomic E-state index is 11.4. The second-order valence-corrected chi connectivity index (χ2v) is 4.61. The van der Waals surface area contributed by atoms with Crippen LogP contribution in [0.25, 0.3) is 0 Å². The first-order valence-corrected chi connectivity index (χ1v) is 5.96. The highest BCUT2D eigenvalue weighted by molar-refractivity contribution is 7.10. The number of hydrogen-bond acceptors (Lipinski definition) is 4. The first kappa shape index (κ1) is 13.0. The highest BCUT2D eigenvalue weighted by Gasteiger charge is 2.16. The van der Waals surface area contributed by atoms with E-state index in [1.807, 2.05) is 17.5 Å². The van der Waals surface area contributed by atoms with Crippen molar-refractivity contribution in [3.63, 3.8) is 0 Å². The lowest BCUT2D eigenvalue weighted by Gasteiger charge is -2.08. The lowest BCUT2D eigenvalue weighted by molar-refractivity contribution is -0.140. The van der Waals surface area contributed by atoms with Gasteiger partial charge in [0.1, 0.15) is 5.38 Å². The molecule has 0 radical (unpaired) electrons. The molecule has 0 spiro atoms. The number of thiophene rings is 1. The number of ether oxygens (including phenoxy) is 1. The van der Waals surface area contributed by atoms with Crippen LogP contribution in [0.3, 0.4) is 0 Å². The molecule has 1 unspecified atom stereocenters. The van der Waals surface area contributed by atoms with Crippen molar-refractivity contribution in [2.24, 2.45) is 0 Å². The SMILES string of the molecule is COC(=O)C(Cl)CNC(=O)Cc1cccs1. The number of carbonyl (C=O) groups excluding carboxylic acids is 2. The number of halogens is 1. The van der Waals surface area contributed by atoms with E-state index in [0.29, 0.717) is 6.42 Å². The summed E-state index contributed by atoms with van der Waals surface area (Å²) in [5.41, 5.74) is 0.